The van der Waals surface area contributed by atoms with E-state index in [4.69, 9.17) is 23.2 Å². The van der Waals surface area contributed by atoms with Gasteiger partial charge in [0.2, 0.25) is 0 Å². The van der Waals surface area contributed by atoms with Gasteiger partial charge >= 0.3 is 0 Å². The number of anilines is 1. The van der Waals surface area contributed by atoms with E-state index in [1.165, 1.54) is 0 Å². The minimum atomic E-state index is 0.647. The summed E-state index contributed by atoms with van der Waals surface area (Å²) in [5.41, 5.74) is 2.91. The molecular formula is C16H12Cl2N2. The van der Waals surface area contributed by atoms with Gasteiger partial charge in [-0.15, -0.1) is 0 Å². The number of benzene rings is 2. The molecule has 3 aromatic rings. The average molecular weight is 303 g/mol. The molecule has 0 aliphatic carbocycles. The van der Waals surface area contributed by atoms with Gasteiger partial charge in [-0.05, 0) is 35.9 Å². The normalized spacial score (nSPS) is 10.7. The first-order chi connectivity index (χ1) is 9.75. The van der Waals surface area contributed by atoms with Gasteiger partial charge in [-0.3, -0.25) is 4.98 Å². The molecule has 0 aliphatic heterocycles. The van der Waals surface area contributed by atoms with Crippen LogP contribution in [0.1, 0.15) is 5.56 Å². The van der Waals surface area contributed by atoms with E-state index in [2.05, 4.69) is 10.3 Å². The van der Waals surface area contributed by atoms with Gasteiger partial charge in [0.15, 0.2) is 0 Å². The monoisotopic (exact) mass is 302 g/mol. The molecule has 2 nitrogen and oxygen atoms in total. The molecule has 4 heteroatoms. The molecule has 0 saturated heterocycles. The molecule has 1 N–H and O–H groups in total. The van der Waals surface area contributed by atoms with Crippen molar-refractivity contribution in [1.29, 1.82) is 0 Å². The van der Waals surface area contributed by atoms with E-state index >= 15 is 0 Å². The fourth-order valence-electron chi connectivity index (χ4n) is 2.13. The first kappa shape index (κ1) is 13.2. The lowest BCUT2D eigenvalue weighted by Gasteiger charge is -2.10. The highest BCUT2D eigenvalue weighted by atomic mass is 35.5. The maximum Gasteiger partial charge on any atom is 0.0766 e. The third-order valence-electron chi connectivity index (χ3n) is 3.14. The fourth-order valence-corrected chi connectivity index (χ4v) is 2.55. The Hall–Kier alpha value is -1.77. The predicted octanol–water partition coefficient (Wildman–Crippen LogP) is 5.15. The standard InChI is InChI=1S/C16H12Cl2N2/c17-13-8-7-11(16-12(13)4-3-9-19-16)10-20-15-6-2-1-5-14(15)18/h1-9,20H,10H2. The summed E-state index contributed by atoms with van der Waals surface area (Å²) in [4.78, 5) is 4.42. The summed E-state index contributed by atoms with van der Waals surface area (Å²) in [6.45, 7) is 0.647. The van der Waals surface area contributed by atoms with Crippen LogP contribution >= 0.6 is 23.2 Å². The lowest BCUT2D eigenvalue weighted by Crippen LogP contribution is -2.01. The minimum Gasteiger partial charge on any atom is -0.380 e. The van der Waals surface area contributed by atoms with Crippen LogP contribution in [0.3, 0.4) is 0 Å². The summed E-state index contributed by atoms with van der Waals surface area (Å²) >= 11 is 12.3. The Morgan fingerprint density at radius 2 is 1.75 bits per heavy atom. The van der Waals surface area contributed by atoms with Gasteiger partial charge in [-0.1, -0.05) is 41.4 Å². The van der Waals surface area contributed by atoms with Gasteiger partial charge in [0.1, 0.15) is 0 Å². The molecule has 1 heterocycles. The zero-order valence-corrected chi connectivity index (χ0v) is 12.1. The van der Waals surface area contributed by atoms with Crippen molar-refractivity contribution in [3.05, 3.63) is 70.3 Å². The van der Waals surface area contributed by atoms with Gasteiger partial charge in [0.25, 0.3) is 0 Å². The highest BCUT2D eigenvalue weighted by Crippen LogP contribution is 2.26. The fraction of sp³-hybridized carbons (Fsp3) is 0.0625. The van der Waals surface area contributed by atoms with Gasteiger partial charge < -0.3 is 5.32 Å². The molecule has 0 fully saturated rings. The highest BCUT2D eigenvalue weighted by Gasteiger charge is 2.06. The van der Waals surface area contributed by atoms with E-state index in [0.29, 0.717) is 11.6 Å². The maximum absolute atomic E-state index is 6.19. The topological polar surface area (TPSA) is 24.9 Å². The van der Waals surface area contributed by atoms with Crippen LogP contribution in [0.2, 0.25) is 10.0 Å². The quantitative estimate of drug-likeness (QED) is 0.723. The molecule has 0 saturated carbocycles. The van der Waals surface area contributed by atoms with E-state index in [1.54, 1.807) is 6.20 Å². The lowest BCUT2D eigenvalue weighted by molar-refractivity contribution is 1.15. The number of rotatable bonds is 3. The van der Waals surface area contributed by atoms with E-state index < -0.39 is 0 Å². The van der Waals surface area contributed by atoms with Crippen LogP contribution in [-0.4, -0.2) is 4.98 Å². The van der Waals surface area contributed by atoms with Crippen LogP contribution in [0.4, 0.5) is 5.69 Å². The number of halogens is 2. The predicted molar refractivity (Wildman–Crippen MR) is 85.5 cm³/mol. The van der Waals surface area contributed by atoms with Crippen molar-refractivity contribution in [2.75, 3.05) is 5.32 Å². The van der Waals surface area contributed by atoms with Gasteiger partial charge in [0.05, 0.1) is 16.2 Å². The van der Waals surface area contributed by atoms with Crippen LogP contribution in [0.25, 0.3) is 10.9 Å². The first-order valence-electron chi connectivity index (χ1n) is 6.26. The third kappa shape index (κ3) is 2.58. The summed E-state index contributed by atoms with van der Waals surface area (Å²) in [7, 11) is 0. The van der Waals surface area contributed by atoms with Crippen molar-refractivity contribution < 1.29 is 0 Å². The third-order valence-corrected chi connectivity index (χ3v) is 3.80. The summed E-state index contributed by atoms with van der Waals surface area (Å²) in [5.74, 6) is 0. The van der Waals surface area contributed by atoms with Crippen LogP contribution in [-0.2, 0) is 6.54 Å². The van der Waals surface area contributed by atoms with Gasteiger partial charge in [-0.2, -0.15) is 0 Å². The first-order valence-corrected chi connectivity index (χ1v) is 7.02. The number of nitrogens with zero attached hydrogens (tertiary/aromatic N) is 1. The van der Waals surface area contributed by atoms with Crippen LogP contribution in [0.15, 0.2) is 54.7 Å². The Bertz CT molecular complexity index is 756. The molecule has 20 heavy (non-hydrogen) atoms. The number of fused-ring (bicyclic) bond motifs is 1. The Balaban J connectivity index is 1.92. The number of pyridine rings is 1. The molecule has 0 aliphatic rings. The summed E-state index contributed by atoms with van der Waals surface area (Å²) in [5, 5.41) is 5.72. The number of nitrogens with one attached hydrogen (secondary N) is 1. The van der Waals surface area contributed by atoms with Gasteiger partial charge in [0, 0.05) is 23.2 Å². The van der Waals surface area contributed by atoms with E-state index in [9.17, 15) is 0 Å². The van der Waals surface area contributed by atoms with Crippen molar-refractivity contribution in [2.24, 2.45) is 0 Å². The zero-order valence-electron chi connectivity index (χ0n) is 10.6. The van der Waals surface area contributed by atoms with Crippen LogP contribution in [0, 0.1) is 0 Å². The van der Waals surface area contributed by atoms with Crippen molar-refractivity contribution in [3.63, 3.8) is 0 Å². The summed E-state index contributed by atoms with van der Waals surface area (Å²) in [6, 6.07) is 15.4. The lowest BCUT2D eigenvalue weighted by atomic mass is 10.1. The Labute approximate surface area is 127 Å². The van der Waals surface area contributed by atoms with Crippen molar-refractivity contribution in [2.45, 2.75) is 6.54 Å². The number of aromatic nitrogens is 1. The molecule has 0 unspecified atom stereocenters. The average Bonchev–Trinajstić information content (AvgIpc) is 2.48. The van der Waals surface area contributed by atoms with Gasteiger partial charge in [-0.25, -0.2) is 0 Å². The molecule has 2 aromatic carbocycles. The molecule has 3 rings (SSSR count). The second kappa shape index (κ2) is 5.70. The van der Waals surface area contributed by atoms with Crippen LogP contribution in [0.5, 0.6) is 0 Å². The second-order valence-electron chi connectivity index (χ2n) is 4.44. The molecule has 0 amide bonds. The SMILES string of the molecule is Clc1ccccc1NCc1ccc(Cl)c2cccnc12. The Morgan fingerprint density at radius 1 is 0.900 bits per heavy atom. The van der Waals surface area contributed by atoms with Crippen molar-refractivity contribution in [3.8, 4) is 0 Å². The molecule has 0 radical (unpaired) electrons. The number of para-hydroxylation sites is 1. The van der Waals surface area contributed by atoms with E-state index in [-0.39, 0.29) is 0 Å². The second-order valence-corrected chi connectivity index (χ2v) is 5.25. The molecule has 1 aromatic heterocycles. The maximum atomic E-state index is 6.19. The molecule has 0 spiro atoms. The molecule has 0 bridgehead atoms. The highest BCUT2D eigenvalue weighted by molar-refractivity contribution is 6.35. The zero-order chi connectivity index (χ0) is 13.9. The smallest absolute Gasteiger partial charge is 0.0766 e. The van der Waals surface area contributed by atoms with Crippen molar-refractivity contribution >= 4 is 39.8 Å². The van der Waals surface area contributed by atoms with E-state index in [1.807, 2.05) is 48.5 Å². The molecule has 0 atom stereocenters. The largest absolute Gasteiger partial charge is 0.380 e. The number of hydrogen-bond donors (Lipinski definition) is 1. The summed E-state index contributed by atoms with van der Waals surface area (Å²) in [6.07, 6.45) is 1.78. The van der Waals surface area contributed by atoms with Crippen LogP contribution < -0.4 is 5.32 Å². The minimum absolute atomic E-state index is 0.647. The molecule has 100 valence electrons. The summed E-state index contributed by atoms with van der Waals surface area (Å²) < 4.78 is 0. The molecular weight excluding hydrogens is 291 g/mol. The Morgan fingerprint density at radius 3 is 2.60 bits per heavy atom. The number of hydrogen-bond acceptors (Lipinski definition) is 2. The Kier molecular flexibility index (Phi) is 3.77. The van der Waals surface area contributed by atoms with E-state index in [0.717, 1.165) is 27.2 Å². The van der Waals surface area contributed by atoms with Crippen molar-refractivity contribution in [1.82, 2.24) is 4.98 Å².